The molecule has 0 amide bonds. The van der Waals surface area contributed by atoms with Crippen molar-refractivity contribution in [2.24, 2.45) is 0 Å². The second kappa shape index (κ2) is 5.17. The lowest BCUT2D eigenvalue weighted by atomic mass is 9.92. The maximum atomic E-state index is 12.0. The highest BCUT2D eigenvalue weighted by atomic mass is 127. The Bertz CT molecular complexity index is 627. The molecule has 1 saturated heterocycles. The van der Waals surface area contributed by atoms with E-state index in [2.05, 4.69) is 28.2 Å². The van der Waals surface area contributed by atoms with Gasteiger partial charge in [0, 0.05) is 47.7 Å². The number of nitrogens with one attached hydrogen (secondary N) is 1. The van der Waals surface area contributed by atoms with E-state index < -0.39 is 5.97 Å². The smallest absolute Gasteiger partial charge is 0.333 e. The Balaban J connectivity index is 1.89. The number of rotatable bonds is 2. The van der Waals surface area contributed by atoms with Crippen molar-refractivity contribution in [2.45, 2.75) is 12.3 Å². The Kier molecular flexibility index (Phi) is 3.51. The van der Waals surface area contributed by atoms with Crippen LogP contribution in [0.15, 0.2) is 30.0 Å². The van der Waals surface area contributed by atoms with Crippen molar-refractivity contribution >= 4 is 40.3 Å². The third kappa shape index (κ3) is 2.45. The first-order valence-electron chi connectivity index (χ1n) is 6.29. The second-order valence-electron chi connectivity index (χ2n) is 5.03. The number of aliphatic carboxylic acids is 1. The lowest BCUT2D eigenvalue weighted by Gasteiger charge is -2.18. The number of nitrogens with zero attached hydrogens (tertiary/aromatic N) is 1. The van der Waals surface area contributed by atoms with Gasteiger partial charge in [0.05, 0.1) is 18.0 Å². The fourth-order valence-electron chi connectivity index (χ4n) is 2.61. The van der Waals surface area contributed by atoms with Crippen LogP contribution in [0.2, 0.25) is 0 Å². The van der Waals surface area contributed by atoms with Crippen molar-refractivity contribution in [3.8, 4) is 0 Å². The van der Waals surface area contributed by atoms with Gasteiger partial charge in [-0.1, -0.05) is 12.1 Å². The molecule has 5 nitrogen and oxygen atoms in total. The van der Waals surface area contributed by atoms with Gasteiger partial charge in [-0.3, -0.25) is 4.79 Å². The summed E-state index contributed by atoms with van der Waals surface area (Å²) in [5.74, 6) is -0.794. The molecule has 0 bridgehead atoms. The van der Waals surface area contributed by atoms with E-state index in [0.29, 0.717) is 25.1 Å². The van der Waals surface area contributed by atoms with Crippen LogP contribution in [0.1, 0.15) is 17.0 Å². The zero-order valence-corrected chi connectivity index (χ0v) is 12.8. The van der Waals surface area contributed by atoms with Gasteiger partial charge < -0.3 is 10.4 Å². The van der Waals surface area contributed by atoms with Crippen LogP contribution in [-0.2, 0) is 16.0 Å². The molecule has 0 saturated carbocycles. The molecule has 104 valence electrons. The monoisotopic (exact) mass is 384 g/mol. The lowest BCUT2D eigenvalue weighted by molar-refractivity contribution is -0.132. The van der Waals surface area contributed by atoms with Crippen LogP contribution in [0.4, 0.5) is 5.69 Å². The van der Waals surface area contributed by atoms with Crippen LogP contribution in [0.3, 0.4) is 0 Å². The quantitative estimate of drug-likeness (QED) is 0.603. The first-order valence-corrected chi connectivity index (χ1v) is 7.26. The standard InChI is InChI=1S/C14H13IN2O3/c15-17-6-11(13(18)7-17)8-1-2-12-9(3-8)4-10(5-16-12)14(19)20/h1-3,5,11,16H,4,6-7H2,(H,19,20). The molecule has 2 aliphatic heterocycles. The molecule has 1 aromatic rings. The van der Waals surface area contributed by atoms with Crippen molar-refractivity contribution < 1.29 is 14.7 Å². The third-order valence-electron chi connectivity index (χ3n) is 3.69. The number of ketones is 1. The summed E-state index contributed by atoms with van der Waals surface area (Å²) in [6, 6.07) is 5.82. The van der Waals surface area contributed by atoms with E-state index in [1.807, 2.05) is 21.3 Å². The van der Waals surface area contributed by atoms with E-state index in [1.54, 1.807) is 0 Å². The van der Waals surface area contributed by atoms with E-state index >= 15 is 0 Å². The number of hydrogen-bond donors (Lipinski definition) is 2. The predicted octanol–water partition coefficient (Wildman–Crippen LogP) is 1.94. The Morgan fingerprint density at radius 3 is 2.90 bits per heavy atom. The minimum absolute atomic E-state index is 0.101. The van der Waals surface area contributed by atoms with Crippen LogP contribution in [0.5, 0.6) is 0 Å². The van der Waals surface area contributed by atoms with Gasteiger partial charge >= 0.3 is 5.97 Å². The predicted molar refractivity (Wildman–Crippen MR) is 82.8 cm³/mol. The Morgan fingerprint density at radius 2 is 2.25 bits per heavy atom. The van der Waals surface area contributed by atoms with E-state index in [9.17, 15) is 9.59 Å². The Labute approximate surface area is 130 Å². The highest BCUT2D eigenvalue weighted by molar-refractivity contribution is 14.1. The molecule has 1 unspecified atom stereocenters. The largest absolute Gasteiger partial charge is 0.478 e. The SMILES string of the molecule is O=C(O)C1=CNc2ccc(C3CN(I)CC3=O)cc2C1. The number of anilines is 1. The van der Waals surface area contributed by atoms with Gasteiger partial charge in [-0.15, -0.1) is 0 Å². The first kappa shape index (κ1) is 13.6. The average Bonchev–Trinajstić information content (AvgIpc) is 2.76. The van der Waals surface area contributed by atoms with Crippen molar-refractivity contribution in [3.63, 3.8) is 0 Å². The van der Waals surface area contributed by atoms with Crippen LogP contribution in [0.25, 0.3) is 0 Å². The van der Waals surface area contributed by atoms with E-state index in [4.69, 9.17) is 5.11 Å². The number of carboxylic acids is 1. The Hall–Kier alpha value is -1.41. The van der Waals surface area contributed by atoms with Crippen LogP contribution >= 0.6 is 22.9 Å². The van der Waals surface area contributed by atoms with Crippen LogP contribution < -0.4 is 5.32 Å². The van der Waals surface area contributed by atoms with Gasteiger partial charge in [0.1, 0.15) is 0 Å². The molecule has 1 atom stereocenters. The van der Waals surface area contributed by atoms with Crippen LogP contribution in [0, 0.1) is 0 Å². The fraction of sp³-hybridized carbons (Fsp3) is 0.286. The summed E-state index contributed by atoms with van der Waals surface area (Å²) in [6.45, 7) is 1.19. The molecule has 2 heterocycles. The first-order chi connectivity index (χ1) is 9.54. The molecule has 1 fully saturated rings. The number of carbonyl (C=O) groups excluding carboxylic acids is 1. The average molecular weight is 384 g/mol. The molecule has 2 N–H and O–H groups in total. The number of Topliss-reactive ketones (excluding diaryl/α,β-unsaturated/α-hetero) is 1. The molecular formula is C14H13IN2O3. The molecule has 0 aromatic heterocycles. The molecule has 20 heavy (non-hydrogen) atoms. The summed E-state index contributed by atoms with van der Waals surface area (Å²) in [5, 5.41) is 12.0. The lowest BCUT2D eigenvalue weighted by Crippen LogP contribution is -2.14. The van der Waals surface area contributed by atoms with Crippen molar-refractivity contribution in [1.29, 1.82) is 0 Å². The number of halogens is 1. The van der Waals surface area contributed by atoms with Gasteiger partial charge in [0.25, 0.3) is 0 Å². The van der Waals surface area contributed by atoms with Gasteiger partial charge in [-0.2, -0.15) is 0 Å². The fourth-order valence-corrected chi connectivity index (χ4v) is 3.34. The zero-order chi connectivity index (χ0) is 14.3. The zero-order valence-electron chi connectivity index (χ0n) is 10.6. The maximum absolute atomic E-state index is 12.0. The molecule has 0 spiro atoms. The number of carbonyl (C=O) groups is 2. The molecule has 6 heteroatoms. The number of fused-ring (bicyclic) bond motifs is 1. The molecule has 1 aromatic carbocycles. The Morgan fingerprint density at radius 1 is 1.45 bits per heavy atom. The minimum Gasteiger partial charge on any atom is -0.478 e. The van der Waals surface area contributed by atoms with Gasteiger partial charge in [-0.25, -0.2) is 7.91 Å². The van der Waals surface area contributed by atoms with E-state index in [1.165, 1.54) is 6.20 Å². The van der Waals surface area contributed by atoms with Crippen molar-refractivity contribution in [2.75, 3.05) is 18.4 Å². The summed E-state index contributed by atoms with van der Waals surface area (Å²) in [7, 11) is 0. The molecule has 3 rings (SSSR count). The molecule has 0 radical (unpaired) electrons. The van der Waals surface area contributed by atoms with Gasteiger partial charge in [-0.05, 0) is 17.2 Å². The van der Waals surface area contributed by atoms with E-state index in [-0.39, 0.29) is 11.7 Å². The number of carboxylic acid groups (broad SMARTS) is 1. The summed E-state index contributed by atoms with van der Waals surface area (Å²) < 4.78 is 1.98. The summed E-state index contributed by atoms with van der Waals surface area (Å²) >= 11 is 2.16. The summed E-state index contributed by atoms with van der Waals surface area (Å²) in [4.78, 5) is 23.0. The highest BCUT2D eigenvalue weighted by Gasteiger charge is 2.31. The van der Waals surface area contributed by atoms with Crippen molar-refractivity contribution in [1.82, 2.24) is 3.11 Å². The van der Waals surface area contributed by atoms with Crippen molar-refractivity contribution in [3.05, 3.63) is 41.1 Å². The van der Waals surface area contributed by atoms with Crippen LogP contribution in [-0.4, -0.2) is 33.1 Å². The third-order valence-corrected chi connectivity index (χ3v) is 4.42. The number of hydrogen-bond acceptors (Lipinski definition) is 4. The van der Waals surface area contributed by atoms with E-state index in [0.717, 1.165) is 16.8 Å². The van der Waals surface area contributed by atoms with Gasteiger partial charge in [0.2, 0.25) is 0 Å². The second-order valence-corrected chi connectivity index (χ2v) is 6.40. The normalized spacial score (nSPS) is 22.1. The maximum Gasteiger partial charge on any atom is 0.333 e. The summed E-state index contributed by atoms with van der Waals surface area (Å²) in [6.07, 6.45) is 1.91. The minimum atomic E-state index is -0.913. The highest BCUT2D eigenvalue weighted by Crippen LogP contribution is 2.31. The molecular weight excluding hydrogens is 371 g/mol. The van der Waals surface area contributed by atoms with Gasteiger partial charge in [0.15, 0.2) is 5.78 Å². The topological polar surface area (TPSA) is 69.6 Å². The molecule has 0 aliphatic carbocycles. The summed E-state index contributed by atoms with van der Waals surface area (Å²) in [5.41, 5.74) is 3.15. The molecule has 2 aliphatic rings. The number of benzene rings is 1.